The molecule has 150 valence electrons. The molecule has 2 aromatic carbocycles. The highest BCUT2D eigenvalue weighted by molar-refractivity contribution is 5.87. The molecule has 0 aliphatic carbocycles. The SMILES string of the molecule is COC(=O)[C@H](Cc1ccccc1OC)NC(=O)[C@H](N)Cc1ccccc1OC. The number of para-hydroxylation sites is 2. The van der Waals surface area contributed by atoms with Gasteiger partial charge < -0.3 is 25.3 Å². The first kappa shape index (κ1) is 21.2. The number of hydrogen-bond acceptors (Lipinski definition) is 6. The summed E-state index contributed by atoms with van der Waals surface area (Å²) >= 11 is 0. The van der Waals surface area contributed by atoms with Gasteiger partial charge in [-0.25, -0.2) is 4.79 Å². The lowest BCUT2D eigenvalue weighted by Gasteiger charge is -2.20. The van der Waals surface area contributed by atoms with Crippen molar-refractivity contribution in [3.8, 4) is 11.5 Å². The zero-order chi connectivity index (χ0) is 20.5. The van der Waals surface area contributed by atoms with E-state index >= 15 is 0 Å². The fraction of sp³-hybridized carbons (Fsp3) is 0.333. The molecule has 0 radical (unpaired) electrons. The minimum atomic E-state index is -0.877. The summed E-state index contributed by atoms with van der Waals surface area (Å²) < 4.78 is 15.4. The first-order chi connectivity index (χ1) is 13.5. The van der Waals surface area contributed by atoms with Crippen LogP contribution in [0.25, 0.3) is 0 Å². The predicted molar refractivity (Wildman–Crippen MR) is 105 cm³/mol. The van der Waals surface area contributed by atoms with Crippen LogP contribution in [0.1, 0.15) is 11.1 Å². The van der Waals surface area contributed by atoms with Gasteiger partial charge in [0.1, 0.15) is 17.5 Å². The highest BCUT2D eigenvalue weighted by Crippen LogP contribution is 2.20. The van der Waals surface area contributed by atoms with Gasteiger partial charge >= 0.3 is 5.97 Å². The Labute approximate surface area is 164 Å². The van der Waals surface area contributed by atoms with Crippen LogP contribution < -0.4 is 20.5 Å². The van der Waals surface area contributed by atoms with Crippen LogP contribution in [0.5, 0.6) is 11.5 Å². The van der Waals surface area contributed by atoms with E-state index in [-0.39, 0.29) is 12.8 Å². The number of benzene rings is 2. The van der Waals surface area contributed by atoms with Crippen molar-refractivity contribution in [2.45, 2.75) is 24.9 Å². The van der Waals surface area contributed by atoms with Gasteiger partial charge in [-0.05, 0) is 23.3 Å². The Morgan fingerprint density at radius 3 is 1.89 bits per heavy atom. The summed E-state index contributed by atoms with van der Waals surface area (Å²) in [6.07, 6.45) is 0.502. The number of nitrogens with one attached hydrogen (secondary N) is 1. The topological polar surface area (TPSA) is 99.9 Å². The van der Waals surface area contributed by atoms with Crippen LogP contribution in [-0.4, -0.2) is 45.3 Å². The van der Waals surface area contributed by atoms with Crippen LogP contribution in [0.2, 0.25) is 0 Å². The molecule has 1 amide bonds. The second kappa shape index (κ2) is 10.3. The van der Waals surface area contributed by atoms with E-state index in [1.807, 2.05) is 36.4 Å². The minimum Gasteiger partial charge on any atom is -0.496 e. The molecule has 2 rings (SSSR count). The van der Waals surface area contributed by atoms with Gasteiger partial charge in [0.15, 0.2) is 0 Å². The summed E-state index contributed by atoms with van der Waals surface area (Å²) in [5, 5.41) is 2.69. The van der Waals surface area contributed by atoms with Crippen LogP contribution in [0.3, 0.4) is 0 Å². The van der Waals surface area contributed by atoms with Crippen LogP contribution >= 0.6 is 0 Å². The smallest absolute Gasteiger partial charge is 0.328 e. The number of esters is 1. The van der Waals surface area contributed by atoms with Crippen molar-refractivity contribution in [1.82, 2.24) is 5.32 Å². The molecule has 0 saturated carbocycles. The average molecular weight is 386 g/mol. The van der Waals surface area contributed by atoms with Gasteiger partial charge in [-0.3, -0.25) is 4.79 Å². The largest absolute Gasteiger partial charge is 0.496 e. The van der Waals surface area contributed by atoms with Gasteiger partial charge in [0.05, 0.1) is 27.4 Å². The van der Waals surface area contributed by atoms with E-state index in [9.17, 15) is 9.59 Å². The van der Waals surface area contributed by atoms with E-state index in [2.05, 4.69) is 5.32 Å². The van der Waals surface area contributed by atoms with Crippen molar-refractivity contribution < 1.29 is 23.8 Å². The zero-order valence-corrected chi connectivity index (χ0v) is 16.3. The Balaban J connectivity index is 2.10. The number of methoxy groups -OCH3 is 3. The van der Waals surface area contributed by atoms with E-state index in [1.165, 1.54) is 7.11 Å². The Hall–Kier alpha value is -3.06. The van der Waals surface area contributed by atoms with Gasteiger partial charge in [-0.1, -0.05) is 36.4 Å². The fourth-order valence-electron chi connectivity index (χ4n) is 2.91. The number of hydrogen-bond donors (Lipinski definition) is 2. The molecule has 0 aromatic heterocycles. The number of rotatable bonds is 9. The second-order valence-corrected chi connectivity index (χ2v) is 6.22. The molecule has 0 aliphatic heterocycles. The van der Waals surface area contributed by atoms with Crippen LogP contribution in [0.15, 0.2) is 48.5 Å². The molecular formula is C21H26N2O5. The molecule has 3 N–H and O–H groups in total. The van der Waals surface area contributed by atoms with Gasteiger partial charge in [0.2, 0.25) is 5.91 Å². The average Bonchev–Trinajstić information content (AvgIpc) is 2.73. The van der Waals surface area contributed by atoms with E-state index in [0.29, 0.717) is 11.5 Å². The molecule has 7 nitrogen and oxygen atoms in total. The summed E-state index contributed by atoms with van der Waals surface area (Å²) in [6.45, 7) is 0. The fourth-order valence-corrected chi connectivity index (χ4v) is 2.91. The molecule has 0 fully saturated rings. The quantitative estimate of drug-likeness (QED) is 0.633. The molecule has 0 bridgehead atoms. The normalized spacial score (nSPS) is 12.6. The zero-order valence-electron chi connectivity index (χ0n) is 16.3. The lowest BCUT2D eigenvalue weighted by Crippen LogP contribution is -2.50. The third-order valence-electron chi connectivity index (χ3n) is 4.39. The highest BCUT2D eigenvalue weighted by Gasteiger charge is 2.26. The molecule has 0 heterocycles. The molecule has 0 spiro atoms. The van der Waals surface area contributed by atoms with E-state index in [4.69, 9.17) is 19.9 Å². The van der Waals surface area contributed by atoms with Crippen molar-refractivity contribution in [2.24, 2.45) is 5.73 Å². The van der Waals surface area contributed by atoms with E-state index < -0.39 is 24.0 Å². The van der Waals surface area contributed by atoms with Crippen molar-refractivity contribution in [3.05, 3.63) is 59.7 Å². The molecular weight excluding hydrogens is 360 g/mol. The maximum atomic E-state index is 12.6. The second-order valence-electron chi connectivity index (χ2n) is 6.22. The van der Waals surface area contributed by atoms with Gasteiger partial charge in [-0.2, -0.15) is 0 Å². The van der Waals surface area contributed by atoms with Gasteiger partial charge in [-0.15, -0.1) is 0 Å². The lowest BCUT2D eigenvalue weighted by molar-refractivity contribution is -0.145. The maximum Gasteiger partial charge on any atom is 0.328 e. The third-order valence-corrected chi connectivity index (χ3v) is 4.39. The Bertz CT molecular complexity index is 809. The first-order valence-corrected chi connectivity index (χ1v) is 8.87. The molecule has 2 atom stereocenters. The molecule has 0 aliphatic rings. The minimum absolute atomic E-state index is 0.226. The molecule has 0 saturated heterocycles. The van der Waals surface area contributed by atoms with Gasteiger partial charge in [0.25, 0.3) is 0 Å². The number of carbonyl (C=O) groups excluding carboxylic acids is 2. The number of amides is 1. The van der Waals surface area contributed by atoms with Crippen molar-refractivity contribution >= 4 is 11.9 Å². The van der Waals surface area contributed by atoms with Gasteiger partial charge in [0, 0.05) is 12.8 Å². The molecule has 0 unspecified atom stereocenters. The van der Waals surface area contributed by atoms with E-state index in [0.717, 1.165) is 11.1 Å². The highest BCUT2D eigenvalue weighted by atomic mass is 16.5. The van der Waals surface area contributed by atoms with Crippen molar-refractivity contribution in [3.63, 3.8) is 0 Å². The Morgan fingerprint density at radius 1 is 0.893 bits per heavy atom. The predicted octanol–water partition coefficient (Wildman–Crippen LogP) is 1.47. The van der Waals surface area contributed by atoms with E-state index in [1.54, 1.807) is 26.4 Å². The first-order valence-electron chi connectivity index (χ1n) is 8.87. The summed E-state index contributed by atoms with van der Waals surface area (Å²) in [5.41, 5.74) is 7.66. The maximum absolute atomic E-state index is 12.6. The van der Waals surface area contributed by atoms with Crippen LogP contribution in [0.4, 0.5) is 0 Å². The summed E-state index contributed by atoms with van der Waals surface area (Å²) in [4.78, 5) is 24.8. The Kier molecular flexibility index (Phi) is 7.83. The van der Waals surface area contributed by atoms with Crippen molar-refractivity contribution in [1.29, 1.82) is 0 Å². The standard InChI is InChI=1S/C21H26N2O5/c1-26-18-10-6-4-8-14(18)12-16(22)20(24)23-17(21(25)28-3)13-15-9-5-7-11-19(15)27-2/h4-11,16-17H,12-13,22H2,1-3H3,(H,23,24)/t16-,17+/m1/s1. The number of nitrogens with two attached hydrogens (primary N) is 1. The monoisotopic (exact) mass is 386 g/mol. The number of ether oxygens (including phenoxy) is 3. The summed E-state index contributed by atoms with van der Waals surface area (Å²) in [6, 6.07) is 12.9. The molecule has 7 heteroatoms. The van der Waals surface area contributed by atoms with Crippen LogP contribution in [-0.2, 0) is 27.2 Å². The molecule has 28 heavy (non-hydrogen) atoms. The Morgan fingerprint density at radius 2 is 1.39 bits per heavy atom. The summed E-state index contributed by atoms with van der Waals surface area (Å²) in [7, 11) is 4.39. The lowest BCUT2D eigenvalue weighted by atomic mass is 10.0. The molecule has 2 aromatic rings. The van der Waals surface area contributed by atoms with Crippen LogP contribution in [0, 0.1) is 0 Å². The summed E-state index contributed by atoms with van der Waals surface area (Å²) in [5.74, 6) is 0.285. The number of carbonyl (C=O) groups is 2. The van der Waals surface area contributed by atoms with Crippen molar-refractivity contribution in [2.75, 3.05) is 21.3 Å². The third kappa shape index (κ3) is 5.47.